The van der Waals surface area contributed by atoms with Crippen LogP contribution in [0.3, 0.4) is 0 Å². The fourth-order valence-electron chi connectivity index (χ4n) is 1.33. The number of ketones is 1. The topological polar surface area (TPSA) is 52.3 Å². The molecule has 0 saturated heterocycles. The van der Waals surface area contributed by atoms with Crippen LogP contribution in [-0.2, 0) is 16.0 Å². The lowest BCUT2D eigenvalue weighted by Crippen LogP contribution is -2.16. The zero-order chi connectivity index (χ0) is 12.0. The monoisotopic (exact) mass is 241 g/mol. The van der Waals surface area contributed by atoms with Gasteiger partial charge in [-0.05, 0) is 24.1 Å². The lowest BCUT2D eigenvalue weighted by molar-refractivity contribution is -0.122. The second-order valence-corrected chi connectivity index (χ2v) is 4.06. The Morgan fingerprint density at radius 1 is 1.50 bits per heavy atom. The van der Waals surface area contributed by atoms with Crippen LogP contribution >= 0.6 is 11.6 Å². The molecule has 0 atom stereocenters. The molecule has 2 N–H and O–H groups in total. The normalized spacial score (nSPS) is 10.4. The van der Waals surface area contributed by atoms with Crippen LogP contribution in [-0.4, -0.2) is 25.5 Å². The largest absolute Gasteiger partial charge is 0.372 e. The molecule has 1 rings (SSSR count). The number of carbonyl (C=O) groups is 1. The number of halogens is 1. The number of benzene rings is 1. The Kier molecular flexibility index (Phi) is 5.46. The van der Waals surface area contributed by atoms with E-state index in [9.17, 15) is 4.79 Å². The second kappa shape index (κ2) is 6.63. The zero-order valence-corrected chi connectivity index (χ0v) is 10.1. The Bertz CT molecular complexity index is 366. The first-order valence-corrected chi connectivity index (χ1v) is 5.56. The van der Waals surface area contributed by atoms with Crippen molar-refractivity contribution < 1.29 is 9.53 Å². The number of nitrogens with two attached hydrogens (primary N) is 1. The summed E-state index contributed by atoms with van der Waals surface area (Å²) in [7, 11) is 0. The van der Waals surface area contributed by atoms with E-state index < -0.39 is 0 Å². The molecule has 16 heavy (non-hydrogen) atoms. The van der Waals surface area contributed by atoms with E-state index in [0.717, 1.165) is 11.1 Å². The molecule has 0 amide bonds. The van der Waals surface area contributed by atoms with Crippen molar-refractivity contribution in [2.75, 3.05) is 19.8 Å². The molecule has 1 aromatic carbocycles. The van der Waals surface area contributed by atoms with Gasteiger partial charge in [0.15, 0.2) is 5.78 Å². The highest BCUT2D eigenvalue weighted by molar-refractivity contribution is 6.31. The van der Waals surface area contributed by atoms with E-state index in [1.54, 1.807) is 0 Å². The van der Waals surface area contributed by atoms with E-state index in [4.69, 9.17) is 22.1 Å². The van der Waals surface area contributed by atoms with Gasteiger partial charge in [0.2, 0.25) is 0 Å². The zero-order valence-electron chi connectivity index (χ0n) is 9.33. The molecule has 3 nitrogen and oxygen atoms in total. The van der Waals surface area contributed by atoms with Crippen LogP contribution in [0.1, 0.15) is 11.1 Å². The smallest absolute Gasteiger partial charge is 0.162 e. The van der Waals surface area contributed by atoms with Gasteiger partial charge in [0, 0.05) is 18.0 Å². The molecule has 0 bridgehead atoms. The molecule has 0 aromatic heterocycles. The van der Waals surface area contributed by atoms with E-state index in [0.29, 0.717) is 24.6 Å². The summed E-state index contributed by atoms with van der Waals surface area (Å²) in [6, 6.07) is 5.67. The van der Waals surface area contributed by atoms with Crippen molar-refractivity contribution in [1.29, 1.82) is 0 Å². The summed E-state index contributed by atoms with van der Waals surface area (Å²) in [5.74, 6) is 0.0132. The van der Waals surface area contributed by atoms with E-state index in [1.165, 1.54) is 0 Å². The molecule has 88 valence electrons. The Balaban J connectivity index is 2.49. The van der Waals surface area contributed by atoms with Crippen LogP contribution < -0.4 is 5.73 Å². The molecule has 0 saturated carbocycles. The predicted octanol–water partition coefficient (Wildman–Crippen LogP) is 1.74. The van der Waals surface area contributed by atoms with E-state index in [1.807, 2.05) is 25.1 Å². The van der Waals surface area contributed by atoms with Gasteiger partial charge in [-0.25, -0.2) is 0 Å². The van der Waals surface area contributed by atoms with Crippen LogP contribution in [0, 0.1) is 6.92 Å². The molecule has 0 aliphatic rings. The lowest BCUT2D eigenvalue weighted by Gasteiger charge is -2.05. The van der Waals surface area contributed by atoms with Crippen molar-refractivity contribution >= 4 is 17.4 Å². The number of ether oxygens (including phenoxy) is 1. The molecule has 0 heterocycles. The lowest BCUT2D eigenvalue weighted by atomic mass is 10.1. The van der Waals surface area contributed by atoms with Gasteiger partial charge in [-0.2, -0.15) is 0 Å². The molecule has 0 aliphatic heterocycles. The van der Waals surface area contributed by atoms with Crippen molar-refractivity contribution in [2.24, 2.45) is 5.73 Å². The van der Waals surface area contributed by atoms with Crippen LogP contribution in [0.2, 0.25) is 5.02 Å². The number of Topliss-reactive ketones (excluding diaryl/α,β-unsaturated/α-hetero) is 1. The van der Waals surface area contributed by atoms with Crippen molar-refractivity contribution in [1.82, 2.24) is 0 Å². The third-order valence-electron chi connectivity index (χ3n) is 2.12. The third kappa shape index (κ3) is 4.31. The second-order valence-electron chi connectivity index (χ2n) is 3.65. The van der Waals surface area contributed by atoms with Gasteiger partial charge >= 0.3 is 0 Å². The van der Waals surface area contributed by atoms with Gasteiger partial charge in [0.1, 0.15) is 6.61 Å². The Hall–Kier alpha value is -0.900. The number of hydrogen-bond donors (Lipinski definition) is 1. The molecule has 0 aliphatic carbocycles. The maximum atomic E-state index is 11.5. The van der Waals surface area contributed by atoms with Crippen molar-refractivity contribution in [2.45, 2.75) is 13.3 Å². The van der Waals surface area contributed by atoms with Crippen molar-refractivity contribution in [3.05, 3.63) is 34.3 Å². The summed E-state index contributed by atoms with van der Waals surface area (Å²) in [5.41, 5.74) is 7.18. The van der Waals surface area contributed by atoms with Gasteiger partial charge in [-0.1, -0.05) is 23.7 Å². The molecule has 0 radical (unpaired) electrons. The standard InChI is InChI=1S/C12H16ClNO2/c1-9-2-3-10(12(13)6-9)7-11(15)8-16-5-4-14/h2-3,6H,4-5,7-8,14H2,1H3. The average Bonchev–Trinajstić information content (AvgIpc) is 2.23. The quantitative estimate of drug-likeness (QED) is 0.772. The Morgan fingerprint density at radius 3 is 2.88 bits per heavy atom. The molecular weight excluding hydrogens is 226 g/mol. The van der Waals surface area contributed by atoms with Gasteiger partial charge in [-0.3, -0.25) is 4.79 Å². The minimum absolute atomic E-state index is 0.0132. The predicted molar refractivity (Wildman–Crippen MR) is 64.8 cm³/mol. The summed E-state index contributed by atoms with van der Waals surface area (Å²) < 4.78 is 5.06. The molecule has 4 heteroatoms. The number of aryl methyl sites for hydroxylation is 1. The van der Waals surface area contributed by atoms with Crippen molar-refractivity contribution in [3.8, 4) is 0 Å². The summed E-state index contributed by atoms with van der Waals surface area (Å²) >= 11 is 6.02. The number of hydrogen-bond acceptors (Lipinski definition) is 3. The highest BCUT2D eigenvalue weighted by Crippen LogP contribution is 2.18. The van der Waals surface area contributed by atoms with E-state index in [-0.39, 0.29) is 12.4 Å². The Morgan fingerprint density at radius 2 is 2.25 bits per heavy atom. The van der Waals surface area contributed by atoms with E-state index in [2.05, 4.69) is 0 Å². The first kappa shape index (κ1) is 13.2. The minimum Gasteiger partial charge on any atom is -0.372 e. The first-order chi connectivity index (χ1) is 7.63. The molecule has 0 spiro atoms. The fourth-order valence-corrected chi connectivity index (χ4v) is 1.63. The highest BCUT2D eigenvalue weighted by Gasteiger charge is 2.07. The highest BCUT2D eigenvalue weighted by atomic mass is 35.5. The SMILES string of the molecule is Cc1ccc(CC(=O)COCCN)c(Cl)c1. The van der Waals surface area contributed by atoms with Crippen LogP contribution in [0.5, 0.6) is 0 Å². The summed E-state index contributed by atoms with van der Waals surface area (Å²) in [6.45, 7) is 2.90. The molecule has 1 aromatic rings. The van der Waals surface area contributed by atoms with Crippen LogP contribution in [0.25, 0.3) is 0 Å². The van der Waals surface area contributed by atoms with Crippen molar-refractivity contribution in [3.63, 3.8) is 0 Å². The van der Waals surface area contributed by atoms with Gasteiger partial charge in [0.25, 0.3) is 0 Å². The maximum absolute atomic E-state index is 11.5. The van der Waals surface area contributed by atoms with Crippen LogP contribution in [0.15, 0.2) is 18.2 Å². The molecule has 0 unspecified atom stereocenters. The fraction of sp³-hybridized carbons (Fsp3) is 0.417. The summed E-state index contributed by atoms with van der Waals surface area (Å²) in [5, 5.41) is 0.632. The van der Waals surface area contributed by atoms with Gasteiger partial charge in [0.05, 0.1) is 6.61 Å². The summed E-state index contributed by atoms with van der Waals surface area (Å²) in [6.07, 6.45) is 0.309. The van der Waals surface area contributed by atoms with Crippen LogP contribution in [0.4, 0.5) is 0 Å². The van der Waals surface area contributed by atoms with E-state index >= 15 is 0 Å². The maximum Gasteiger partial charge on any atom is 0.162 e. The average molecular weight is 242 g/mol. The van der Waals surface area contributed by atoms with Gasteiger partial charge < -0.3 is 10.5 Å². The number of rotatable bonds is 6. The summed E-state index contributed by atoms with van der Waals surface area (Å²) in [4.78, 5) is 11.5. The number of carbonyl (C=O) groups excluding carboxylic acids is 1. The Labute approximate surface area is 101 Å². The minimum atomic E-state index is 0.0132. The molecule has 0 fully saturated rings. The molecular formula is C12H16ClNO2. The first-order valence-electron chi connectivity index (χ1n) is 5.18. The van der Waals surface area contributed by atoms with Gasteiger partial charge in [-0.15, -0.1) is 0 Å². The third-order valence-corrected chi connectivity index (χ3v) is 2.47.